The van der Waals surface area contributed by atoms with Crippen molar-refractivity contribution in [2.24, 2.45) is 0 Å². The van der Waals surface area contributed by atoms with E-state index in [4.69, 9.17) is 9.47 Å². The molecule has 0 aliphatic heterocycles. The second-order valence-corrected chi connectivity index (χ2v) is 3.75. The fraction of sp³-hybridized carbons (Fsp3) is 0.462. The zero-order valence-corrected chi connectivity index (χ0v) is 10.0. The highest BCUT2D eigenvalue weighted by atomic mass is 16.5. The first-order chi connectivity index (χ1) is 7.71. The summed E-state index contributed by atoms with van der Waals surface area (Å²) in [5, 5.41) is 0. The molecular formula is C13H18O3. The molecule has 0 fully saturated rings. The smallest absolute Gasteiger partial charge is 0.162 e. The summed E-state index contributed by atoms with van der Waals surface area (Å²) < 4.78 is 10.9. The van der Waals surface area contributed by atoms with Crippen LogP contribution in [0.2, 0.25) is 0 Å². The maximum atomic E-state index is 10.7. The molecule has 3 heteroatoms. The Labute approximate surface area is 96.4 Å². The molecule has 0 heterocycles. The van der Waals surface area contributed by atoms with Crippen LogP contribution in [0, 0.1) is 0 Å². The van der Waals surface area contributed by atoms with Gasteiger partial charge in [-0.05, 0) is 31.5 Å². The average Bonchev–Trinajstić information content (AvgIpc) is 2.29. The van der Waals surface area contributed by atoms with E-state index in [2.05, 4.69) is 6.92 Å². The van der Waals surface area contributed by atoms with Crippen LogP contribution in [-0.4, -0.2) is 19.5 Å². The van der Waals surface area contributed by atoms with Crippen molar-refractivity contribution in [3.63, 3.8) is 0 Å². The van der Waals surface area contributed by atoms with Crippen LogP contribution >= 0.6 is 0 Å². The molecule has 0 aliphatic rings. The maximum absolute atomic E-state index is 10.7. The van der Waals surface area contributed by atoms with Gasteiger partial charge in [0.25, 0.3) is 0 Å². The standard InChI is InChI=1S/C13H18O3/c1-4-5-10(2)16-13-8-11(9-14)6-7-12(13)15-3/h6-10H,4-5H2,1-3H3. The Balaban J connectivity index is 2.86. The molecule has 0 N–H and O–H groups in total. The van der Waals surface area contributed by atoms with Crippen LogP contribution in [-0.2, 0) is 0 Å². The number of carbonyl (C=O) groups excluding carboxylic acids is 1. The molecule has 0 spiro atoms. The van der Waals surface area contributed by atoms with Gasteiger partial charge in [0.1, 0.15) is 6.29 Å². The number of carbonyl (C=O) groups is 1. The van der Waals surface area contributed by atoms with Crippen molar-refractivity contribution in [1.29, 1.82) is 0 Å². The first-order valence-electron chi connectivity index (χ1n) is 5.51. The summed E-state index contributed by atoms with van der Waals surface area (Å²) in [7, 11) is 1.59. The lowest BCUT2D eigenvalue weighted by atomic mass is 10.2. The van der Waals surface area contributed by atoms with Crippen molar-refractivity contribution in [2.45, 2.75) is 32.8 Å². The van der Waals surface area contributed by atoms with Gasteiger partial charge >= 0.3 is 0 Å². The monoisotopic (exact) mass is 222 g/mol. The van der Waals surface area contributed by atoms with Crippen LogP contribution in [0.1, 0.15) is 37.0 Å². The summed E-state index contributed by atoms with van der Waals surface area (Å²) in [6, 6.07) is 5.17. The summed E-state index contributed by atoms with van der Waals surface area (Å²) in [5.74, 6) is 1.29. The molecule has 1 rings (SSSR count). The summed E-state index contributed by atoms with van der Waals surface area (Å²) in [4.78, 5) is 10.7. The van der Waals surface area contributed by atoms with E-state index in [1.54, 1.807) is 25.3 Å². The van der Waals surface area contributed by atoms with E-state index in [1.807, 2.05) is 6.92 Å². The Hall–Kier alpha value is -1.51. The van der Waals surface area contributed by atoms with E-state index in [1.165, 1.54) is 0 Å². The number of ether oxygens (including phenoxy) is 2. The fourth-order valence-corrected chi connectivity index (χ4v) is 1.54. The zero-order chi connectivity index (χ0) is 12.0. The number of aldehydes is 1. The largest absolute Gasteiger partial charge is 0.493 e. The lowest BCUT2D eigenvalue weighted by Gasteiger charge is -2.16. The Bertz CT molecular complexity index is 347. The summed E-state index contributed by atoms with van der Waals surface area (Å²) in [6.07, 6.45) is 2.98. The molecule has 88 valence electrons. The van der Waals surface area contributed by atoms with E-state index < -0.39 is 0 Å². The molecule has 0 saturated carbocycles. The van der Waals surface area contributed by atoms with Crippen molar-refractivity contribution in [3.8, 4) is 11.5 Å². The van der Waals surface area contributed by atoms with Crippen molar-refractivity contribution in [1.82, 2.24) is 0 Å². The molecule has 0 bridgehead atoms. The zero-order valence-electron chi connectivity index (χ0n) is 10.0. The van der Waals surface area contributed by atoms with E-state index in [-0.39, 0.29) is 6.10 Å². The highest BCUT2D eigenvalue weighted by Gasteiger charge is 2.09. The summed E-state index contributed by atoms with van der Waals surface area (Å²) >= 11 is 0. The Morgan fingerprint density at radius 3 is 2.69 bits per heavy atom. The van der Waals surface area contributed by atoms with Crippen molar-refractivity contribution in [3.05, 3.63) is 23.8 Å². The van der Waals surface area contributed by atoms with Gasteiger partial charge in [0, 0.05) is 5.56 Å². The van der Waals surface area contributed by atoms with E-state index in [0.29, 0.717) is 17.1 Å². The second-order valence-electron chi connectivity index (χ2n) is 3.75. The third-order valence-electron chi connectivity index (χ3n) is 2.35. The van der Waals surface area contributed by atoms with Crippen molar-refractivity contribution < 1.29 is 14.3 Å². The predicted octanol–water partition coefficient (Wildman–Crippen LogP) is 3.08. The van der Waals surface area contributed by atoms with Gasteiger partial charge in [0.05, 0.1) is 13.2 Å². The minimum Gasteiger partial charge on any atom is -0.493 e. The minimum absolute atomic E-state index is 0.126. The average molecular weight is 222 g/mol. The SMILES string of the molecule is CCCC(C)Oc1cc(C=O)ccc1OC. The second kappa shape index (κ2) is 6.16. The minimum atomic E-state index is 0.126. The molecule has 1 aromatic rings. The van der Waals surface area contributed by atoms with Crippen LogP contribution in [0.3, 0.4) is 0 Å². The van der Waals surface area contributed by atoms with Crippen LogP contribution in [0.15, 0.2) is 18.2 Å². The normalized spacial score (nSPS) is 11.9. The first-order valence-corrected chi connectivity index (χ1v) is 5.51. The lowest BCUT2D eigenvalue weighted by Crippen LogP contribution is -2.11. The van der Waals surface area contributed by atoms with Gasteiger partial charge in [-0.2, -0.15) is 0 Å². The summed E-state index contributed by atoms with van der Waals surface area (Å²) in [5.41, 5.74) is 0.597. The molecule has 3 nitrogen and oxygen atoms in total. The van der Waals surface area contributed by atoms with Crippen molar-refractivity contribution in [2.75, 3.05) is 7.11 Å². The van der Waals surface area contributed by atoms with Crippen LogP contribution in [0.4, 0.5) is 0 Å². The molecule has 0 radical (unpaired) electrons. The molecular weight excluding hydrogens is 204 g/mol. The number of rotatable bonds is 6. The summed E-state index contributed by atoms with van der Waals surface area (Å²) in [6.45, 7) is 4.12. The molecule has 0 saturated heterocycles. The van der Waals surface area contributed by atoms with Gasteiger partial charge in [0.15, 0.2) is 11.5 Å². The Morgan fingerprint density at radius 2 is 2.12 bits per heavy atom. The molecule has 1 atom stereocenters. The number of hydrogen-bond donors (Lipinski definition) is 0. The molecule has 0 amide bonds. The topological polar surface area (TPSA) is 35.5 Å². The van der Waals surface area contributed by atoms with Gasteiger partial charge in [-0.25, -0.2) is 0 Å². The quantitative estimate of drug-likeness (QED) is 0.694. The van der Waals surface area contributed by atoms with Crippen LogP contribution in [0.25, 0.3) is 0 Å². The fourth-order valence-electron chi connectivity index (χ4n) is 1.54. The predicted molar refractivity (Wildman–Crippen MR) is 63.4 cm³/mol. The molecule has 0 aliphatic carbocycles. The number of hydrogen-bond acceptors (Lipinski definition) is 3. The number of methoxy groups -OCH3 is 1. The van der Waals surface area contributed by atoms with E-state index >= 15 is 0 Å². The molecule has 0 aromatic heterocycles. The van der Waals surface area contributed by atoms with Gasteiger partial charge < -0.3 is 9.47 Å². The van der Waals surface area contributed by atoms with E-state index in [9.17, 15) is 4.79 Å². The Morgan fingerprint density at radius 1 is 1.38 bits per heavy atom. The lowest BCUT2D eigenvalue weighted by molar-refractivity contribution is 0.112. The third kappa shape index (κ3) is 3.26. The Kier molecular flexibility index (Phi) is 4.83. The van der Waals surface area contributed by atoms with E-state index in [0.717, 1.165) is 19.1 Å². The molecule has 1 unspecified atom stereocenters. The molecule has 16 heavy (non-hydrogen) atoms. The number of benzene rings is 1. The highest BCUT2D eigenvalue weighted by Crippen LogP contribution is 2.29. The van der Waals surface area contributed by atoms with Crippen molar-refractivity contribution >= 4 is 6.29 Å². The first kappa shape index (κ1) is 12.6. The van der Waals surface area contributed by atoms with Gasteiger partial charge in [-0.15, -0.1) is 0 Å². The third-order valence-corrected chi connectivity index (χ3v) is 2.35. The maximum Gasteiger partial charge on any atom is 0.162 e. The van der Waals surface area contributed by atoms with Gasteiger partial charge in [-0.3, -0.25) is 4.79 Å². The van der Waals surface area contributed by atoms with Crippen LogP contribution < -0.4 is 9.47 Å². The molecule has 1 aromatic carbocycles. The van der Waals surface area contributed by atoms with Gasteiger partial charge in [0.2, 0.25) is 0 Å². The highest BCUT2D eigenvalue weighted by molar-refractivity contribution is 5.76. The van der Waals surface area contributed by atoms with Crippen LogP contribution in [0.5, 0.6) is 11.5 Å². The van der Waals surface area contributed by atoms with Gasteiger partial charge in [-0.1, -0.05) is 13.3 Å².